The van der Waals surface area contributed by atoms with Crippen molar-refractivity contribution in [1.29, 1.82) is 0 Å². The van der Waals surface area contributed by atoms with Crippen molar-refractivity contribution in [3.8, 4) is 16.9 Å². The summed E-state index contributed by atoms with van der Waals surface area (Å²) < 4.78 is 61.1. The van der Waals surface area contributed by atoms with Crippen LogP contribution in [0.3, 0.4) is 0 Å². The highest BCUT2D eigenvalue weighted by atomic mass is 19.4. The monoisotopic (exact) mass is 468 g/mol. The first-order valence-electron chi connectivity index (χ1n) is 11.0. The molecule has 4 aromatic carbocycles. The van der Waals surface area contributed by atoms with Crippen LogP contribution in [0.15, 0.2) is 78.9 Å². The molecule has 0 amide bonds. The lowest BCUT2D eigenvalue weighted by Crippen LogP contribution is -2.17. The molecule has 34 heavy (non-hydrogen) atoms. The van der Waals surface area contributed by atoms with Gasteiger partial charge in [-0.25, -0.2) is 4.39 Å². The zero-order valence-corrected chi connectivity index (χ0v) is 18.7. The molecule has 0 saturated heterocycles. The SMILES string of the molecule is COCCc1ccc(-c2ccc3c(F)c(CCc4ccc(OC(F)(F)F)cc4)ccc3c2)cc1. The molecule has 176 valence electrons. The van der Waals surface area contributed by atoms with Crippen LogP contribution in [-0.4, -0.2) is 20.1 Å². The first kappa shape index (κ1) is 23.8. The fraction of sp³-hybridized carbons (Fsp3) is 0.214. The molecule has 4 rings (SSSR count). The number of halogens is 4. The van der Waals surface area contributed by atoms with E-state index in [1.165, 1.54) is 17.7 Å². The van der Waals surface area contributed by atoms with E-state index in [4.69, 9.17) is 4.74 Å². The number of ether oxygens (including phenoxy) is 2. The minimum atomic E-state index is -4.72. The predicted octanol–water partition coefficient (Wildman–Crippen LogP) is 7.52. The Balaban J connectivity index is 1.46. The lowest BCUT2D eigenvalue weighted by Gasteiger charge is -2.11. The van der Waals surface area contributed by atoms with Gasteiger partial charge in [-0.3, -0.25) is 0 Å². The maximum absolute atomic E-state index is 15.2. The smallest absolute Gasteiger partial charge is 0.406 e. The van der Waals surface area contributed by atoms with E-state index < -0.39 is 6.36 Å². The third-order valence-corrected chi connectivity index (χ3v) is 5.76. The Morgan fingerprint density at radius 2 is 1.35 bits per heavy atom. The number of fused-ring (bicyclic) bond motifs is 1. The Bertz CT molecular complexity index is 1250. The summed E-state index contributed by atoms with van der Waals surface area (Å²) in [5.74, 6) is -0.537. The van der Waals surface area contributed by atoms with Crippen LogP contribution in [0.4, 0.5) is 17.6 Å². The van der Waals surface area contributed by atoms with Gasteiger partial charge in [-0.05, 0) is 70.7 Å². The average molecular weight is 468 g/mol. The number of benzene rings is 4. The molecule has 0 radical (unpaired) electrons. The van der Waals surface area contributed by atoms with E-state index in [9.17, 15) is 13.2 Å². The maximum atomic E-state index is 15.2. The molecule has 0 N–H and O–H groups in total. The second kappa shape index (κ2) is 10.3. The molecule has 2 nitrogen and oxygen atoms in total. The molecule has 6 heteroatoms. The third-order valence-electron chi connectivity index (χ3n) is 5.76. The van der Waals surface area contributed by atoms with Crippen LogP contribution in [0.25, 0.3) is 21.9 Å². The third kappa shape index (κ3) is 5.94. The van der Waals surface area contributed by atoms with E-state index in [0.29, 0.717) is 30.4 Å². The zero-order valence-electron chi connectivity index (χ0n) is 18.7. The number of rotatable bonds is 8. The Kier molecular flexibility index (Phi) is 7.17. The van der Waals surface area contributed by atoms with Gasteiger partial charge < -0.3 is 9.47 Å². The van der Waals surface area contributed by atoms with Crippen molar-refractivity contribution < 1.29 is 27.0 Å². The summed E-state index contributed by atoms with van der Waals surface area (Å²) in [4.78, 5) is 0. The fourth-order valence-electron chi connectivity index (χ4n) is 3.93. The van der Waals surface area contributed by atoms with Crippen LogP contribution < -0.4 is 4.74 Å². The second-order valence-electron chi connectivity index (χ2n) is 8.11. The van der Waals surface area contributed by atoms with Gasteiger partial charge in [0.15, 0.2) is 0 Å². The fourth-order valence-corrected chi connectivity index (χ4v) is 3.93. The minimum absolute atomic E-state index is 0.268. The Morgan fingerprint density at radius 1 is 0.706 bits per heavy atom. The predicted molar refractivity (Wildman–Crippen MR) is 125 cm³/mol. The number of alkyl halides is 3. The van der Waals surface area contributed by atoms with Crippen molar-refractivity contribution in [2.45, 2.75) is 25.6 Å². The van der Waals surface area contributed by atoms with E-state index in [1.54, 1.807) is 31.4 Å². The van der Waals surface area contributed by atoms with Crippen LogP contribution in [-0.2, 0) is 24.0 Å². The first-order valence-corrected chi connectivity index (χ1v) is 11.0. The van der Waals surface area contributed by atoms with E-state index in [-0.39, 0.29) is 11.6 Å². The molecule has 0 saturated carbocycles. The van der Waals surface area contributed by atoms with Crippen molar-refractivity contribution >= 4 is 10.8 Å². The summed E-state index contributed by atoms with van der Waals surface area (Å²) >= 11 is 0. The lowest BCUT2D eigenvalue weighted by molar-refractivity contribution is -0.274. The quantitative estimate of drug-likeness (QED) is 0.249. The first-order chi connectivity index (χ1) is 16.3. The highest BCUT2D eigenvalue weighted by Crippen LogP contribution is 2.29. The summed E-state index contributed by atoms with van der Waals surface area (Å²) in [7, 11) is 1.68. The van der Waals surface area contributed by atoms with E-state index in [0.717, 1.165) is 28.5 Å². The average Bonchev–Trinajstić information content (AvgIpc) is 2.82. The molecular weight excluding hydrogens is 444 g/mol. The Morgan fingerprint density at radius 3 is 2.03 bits per heavy atom. The van der Waals surface area contributed by atoms with Crippen molar-refractivity contribution in [3.63, 3.8) is 0 Å². The van der Waals surface area contributed by atoms with Gasteiger partial charge in [0.1, 0.15) is 11.6 Å². The molecule has 0 bridgehead atoms. The second-order valence-corrected chi connectivity index (χ2v) is 8.11. The molecule has 0 aliphatic rings. The van der Waals surface area contributed by atoms with Crippen LogP contribution in [0, 0.1) is 5.82 Å². The minimum Gasteiger partial charge on any atom is -0.406 e. The van der Waals surface area contributed by atoms with E-state index in [2.05, 4.69) is 29.0 Å². The molecule has 0 spiro atoms. The van der Waals surface area contributed by atoms with Crippen LogP contribution in [0.2, 0.25) is 0 Å². The van der Waals surface area contributed by atoms with E-state index >= 15 is 4.39 Å². The van der Waals surface area contributed by atoms with Gasteiger partial charge in [-0.2, -0.15) is 0 Å². The molecule has 0 fully saturated rings. The Hall–Kier alpha value is -3.38. The summed E-state index contributed by atoms with van der Waals surface area (Å²) in [6.07, 6.45) is -2.93. The normalized spacial score (nSPS) is 11.7. The molecule has 0 unspecified atom stereocenters. The molecule has 4 aromatic rings. The topological polar surface area (TPSA) is 18.5 Å². The summed E-state index contributed by atoms with van der Waals surface area (Å²) in [5, 5.41) is 1.36. The lowest BCUT2D eigenvalue weighted by atomic mass is 9.96. The van der Waals surface area contributed by atoms with Gasteiger partial charge in [0.25, 0.3) is 0 Å². The molecule has 0 atom stereocenters. The van der Waals surface area contributed by atoms with Gasteiger partial charge in [-0.15, -0.1) is 13.2 Å². The van der Waals surface area contributed by atoms with Gasteiger partial charge in [-0.1, -0.05) is 60.7 Å². The standard InChI is InChI=1S/C28H24F4O2/c1-33-17-16-20-2-7-21(8-3-20)23-12-15-26-24(18-23)11-10-22(27(26)29)9-4-19-5-13-25(14-6-19)34-28(30,31)32/h2-3,5-8,10-15,18H,4,9,16-17H2,1H3. The van der Waals surface area contributed by atoms with Crippen LogP contribution in [0.1, 0.15) is 16.7 Å². The van der Waals surface area contributed by atoms with Crippen LogP contribution in [0.5, 0.6) is 5.75 Å². The van der Waals surface area contributed by atoms with Gasteiger partial charge in [0, 0.05) is 12.5 Å². The van der Waals surface area contributed by atoms with Crippen molar-refractivity contribution in [2.24, 2.45) is 0 Å². The number of hydrogen-bond donors (Lipinski definition) is 0. The zero-order chi connectivity index (χ0) is 24.1. The highest BCUT2D eigenvalue weighted by Gasteiger charge is 2.30. The van der Waals surface area contributed by atoms with Crippen molar-refractivity contribution in [1.82, 2.24) is 0 Å². The van der Waals surface area contributed by atoms with Gasteiger partial charge in [0.2, 0.25) is 0 Å². The molecule has 0 aliphatic heterocycles. The van der Waals surface area contributed by atoms with E-state index in [1.807, 2.05) is 18.2 Å². The molecule has 0 aliphatic carbocycles. The largest absolute Gasteiger partial charge is 0.573 e. The number of methoxy groups -OCH3 is 1. The number of aryl methyl sites for hydroxylation is 2. The molecule has 0 heterocycles. The summed E-state index contributed by atoms with van der Waals surface area (Å²) in [6, 6.07) is 23.3. The maximum Gasteiger partial charge on any atom is 0.573 e. The summed E-state index contributed by atoms with van der Waals surface area (Å²) in [6.45, 7) is 0.675. The highest BCUT2D eigenvalue weighted by molar-refractivity contribution is 5.88. The van der Waals surface area contributed by atoms with Gasteiger partial charge in [0.05, 0.1) is 6.61 Å². The van der Waals surface area contributed by atoms with Crippen molar-refractivity contribution in [2.75, 3.05) is 13.7 Å². The van der Waals surface area contributed by atoms with Crippen molar-refractivity contribution in [3.05, 3.63) is 101 Å². The molecule has 0 aromatic heterocycles. The Labute approximate surface area is 195 Å². The summed E-state index contributed by atoms with van der Waals surface area (Å²) in [5.41, 5.74) is 4.64. The van der Waals surface area contributed by atoms with Crippen LogP contribution >= 0.6 is 0 Å². The number of hydrogen-bond acceptors (Lipinski definition) is 2. The molecular formula is C28H24F4O2. The van der Waals surface area contributed by atoms with Gasteiger partial charge >= 0.3 is 6.36 Å².